The van der Waals surface area contributed by atoms with Crippen LogP contribution in [0.5, 0.6) is 11.5 Å². The second-order valence-corrected chi connectivity index (χ2v) is 8.12. The zero-order chi connectivity index (χ0) is 21.6. The second-order valence-electron chi connectivity index (χ2n) is 7.39. The summed E-state index contributed by atoms with van der Waals surface area (Å²) in [6.45, 7) is 2.97. The molecular formula is C23H26N4O3S. The molecule has 0 bridgehead atoms. The Labute approximate surface area is 186 Å². The molecule has 0 unspecified atom stereocenters. The zero-order valence-corrected chi connectivity index (χ0v) is 18.6. The summed E-state index contributed by atoms with van der Waals surface area (Å²) in [5, 5.41) is 0.911. The van der Waals surface area contributed by atoms with Gasteiger partial charge in [0.05, 0.1) is 14.2 Å². The molecule has 0 N–H and O–H groups in total. The van der Waals surface area contributed by atoms with Crippen LogP contribution in [0.15, 0.2) is 48.5 Å². The lowest BCUT2D eigenvalue weighted by Crippen LogP contribution is -2.35. The van der Waals surface area contributed by atoms with Crippen molar-refractivity contribution in [1.82, 2.24) is 14.3 Å². The summed E-state index contributed by atoms with van der Waals surface area (Å²) in [5.74, 6) is 2.37. The van der Waals surface area contributed by atoms with E-state index in [4.69, 9.17) is 14.5 Å². The largest absolute Gasteiger partial charge is 0.497 e. The molecule has 4 rings (SSSR count). The Morgan fingerprint density at radius 1 is 1.00 bits per heavy atom. The Hall–Kier alpha value is -3.13. The SMILES string of the molecule is COc1cccc(Cc2nsc(N3CCCN(C(=O)c4cccc(OC)c4)CC3)n2)c1. The van der Waals surface area contributed by atoms with E-state index in [1.165, 1.54) is 11.5 Å². The van der Waals surface area contributed by atoms with Crippen LogP contribution in [-0.2, 0) is 6.42 Å². The third kappa shape index (κ3) is 5.14. The number of methoxy groups -OCH3 is 2. The van der Waals surface area contributed by atoms with Crippen molar-refractivity contribution in [2.75, 3.05) is 45.3 Å². The van der Waals surface area contributed by atoms with Crippen LogP contribution in [0.25, 0.3) is 0 Å². The highest BCUT2D eigenvalue weighted by atomic mass is 32.1. The van der Waals surface area contributed by atoms with Gasteiger partial charge in [-0.1, -0.05) is 18.2 Å². The van der Waals surface area contributed by atoms with E-state index in [-0.39, 0.29) is 5.91 Å². The van der Waals surface area contributed by atoms with Crippen LogP contribution < -0.4 is 14.4 Å². The van der Waals surface area contributed by atoms with Crippen LogP contribution in [0.4, 0.5) is 5.13 Å². The monoisotopic (exact) mass is 438 g/mol. The van der Waals surface area contributed by atoms with Crippen molar-refractivity contribution in [2.24, 2.45) is 0 Å². The highest BCUT2D eigenvalue weighted by Gasteiger charge is 2.22. The molecule has 7 nitrogen and oxygen atoms in total. The maximum Gasteiger partial charge on any atom is 0.254 e. The fourth-order valence-electron chi connectivity index (χ4n) is 3.66. The molecule has 1 amide bonds. The lowest BCUT2D eigenvalue weighted by molar-refractivity contribution is 0.0766. The molecule has 1 aromatic heterocycles. The van der Waals surface area contributed by atoms with E-state index in [2.05, 4.69) is 15.3 Å². The van der Waals surface area contributed by atoms with Gasteiger partial charge in [0, 0.05) is 49.7 Å². The average molecular weight is 439 g/mol. The first-order chi connectivity index (χ1) is 15.2. The first-order valence-corrected chi connectivity index (χ1v) is 11.1. The normalized spacial score (nSPS) is 14.3. The van der Waals surface area contributed by atoms with Gasteiger partial charge in [0.15, 0.2) is 0 Å². The molecule has 1 fully saturated rings. The molecule has 0 atom stereocenters. The molecule has 2 heterocycles. The minimum absolute atomic E-state index is 0.0386. The maximum absolute atomic E-state index is 12.9. The Bertz CT molecular complexity index is 1040. The first-order valence-electron chi connectivity index (χ1n) is 10.3. The van der Waals surface area contributed by atoms with Crippen molar-refractivity contribution in [3.05, 3.63) is 65.5 Å². The minimum atomic E-state index is 0.0386. The zero-order valence-electron chi connectivity index (χ0n) is 17.8. The Balaban J connectivity index is 1.39. The van der Waals surface area contributed by atoms with Gasteiger partial charge in [0.1, 0.15) is 17.3 Å². The smallest absolute Gasteiger partial charge is 0.254 e. The van der Waals surface area contributed by atoms with Crippen LogP contribution in [0.1, 0.15) is 28.2 Å². The number of benzene rings is 2. The quantitative estimate of drug-likeness (QED) is 0.587. The van der Waals surface area contributed by atoms with Gasteiger partial charge in [-0.3, -0.25) is 4.79 Å². The number of hydrogen-bond acceptors (Lipinski definition) is 7. The van der Waals surface area contributed by atoms with Gasteiger partial charge in [-0.15, -0.1) is 0 Å². The van der Waals surface area contributed by atoms with Crippen molar-refractivity contribution < 1.29 is 14.3 Å². The summed E-state index contributed by atoms with van der Waals surface area (Å²) in [6.07, 6.45) is 1.56. The van der Waals surface area contributed by atoms with E-state index in [0.29, 0.717) is 24.3 Å². The van der Waals surface area contributed by atoms with Gasteiger partial charge in [0.2, 0.25) is 5.13 Å². The van der Waals surface area contributed by atoms with E-state index in [9.17, 15) is 4.79 Å². The Morgan fingerprint density at radius 3 is 2.58 bits per heavy atom. The third-order valence-corrected chi connectivity index (χ3v) is 6.14. The predicted octanol–water partition coefficient (Wildman–Crippen LogP) is 3.50. The van der Waals surface area contributed by atoms with Crippen LogP contribution >= 0.6 is 11.5 Å². The minimum Gasteiger partial charge on any atom is -0.497 e. The number of ether oxygens (including phenoxy) is 2. The van der Waals surface area contributed by atoms with E-state index in [1.54, 1.807) is 20.3 Å². The van der Waals surface area contributed by atoms with Crippen molar-refractivity contribution in [1.29, 1.82) is 0 Å². The van der Waals surface area contributed by atoms with Gasteiger partial charge in [-0.25, -0.2) is 4.98 Å². The van der Waals surface area contributed by atoms with Crippen molar-refractivity contribution in [3.63, 3.8) is 0 Å². The molecule has 8 heteroatoms. The van der Waals surface area contributed by atoms with Gasteiger partial charge in [0.25, 0.3) is 5.91 Å². The fourth-order valence-corrected chi connectivity index (χ4v) is 4.40. The maximum atomic E-state index is 12.9. The molecule has 3 aromatic rings. The highest BCUT2D eigenvalue weighted by molar-refractivity contribution is 7.09. The molecule has 1 saturated heterocycles. The molecular weight excluding hydrogens is 412 g/mol. The number of amides is 1. The van der Waals surface area contributed by atoms with Crippen LogP contribution in [0.2, 0.25) is 0 Å². The number of aromatic nitrogens is 2. The van der Waals surface area contributed by atoms with Crippen LogP contribution in [0, 0.1) is 0 Å². The fraction of sp³-hybridized carbons (Fsp3) is 0.348. The topological polar surface area (TPSA) is 67.8 Å². The van der Waals surface area contributed by atoms with Gasteiger partial charge < -0.3 is 19.3 Å². The number of carbonyl (C=O) groups excluding carboxylic acids is 1. The second kappa shape index (κ2) is 9.78. The standard InChI is InChI=1S/C23H26N4O3S/c1-29-19-8-3-6-17(14-19)15-21-24-23(31-25-21)27-11-5-10-26(12-13-27)22(28)18-7-4-9-20(16-18)30-2/h3-4,6-9,14,16H,5,10-13,15H2,1-2H3. The Kier molecular flexibility index (Phi) is 6.66. The molecule has 162 valence electrons. The van der Waals surface area contributed by atoms with Gasteiger partial charge in [-0.05, 0) is 42.3 Å². The van der Waals surface area contributed by atoms with E-state index in [0.717, 1.165) is 48.3 Å². The van der Waals surface area contributed by atoms with E-state index in [1.807, 2.05) is 41.3 Å². The number of nitrogens with zero attached hydrogens (tertiary/aromatic N) is 4. The van der Waals surface area contributed by atoms with E-state index < -0.39 is 0 Å². The highest BCUT2D eigenvalue weighted by Crippen LogP contribution is 2.22. The summed E-state index contributed by atoms with van der Waals surface area (Å²) in [4.78, 5) is 21.8. The van der Waals surface area contributed by atoms with Gasteiger partial charge in [-0.2, -0.15) is 4.37 Å². The lowest BCUT2D eigenvalue weighted by atomic mass is 10.1. The lowest BCUT2D eigenvalue weighted by Gasteiger charge is -2.21. The molecule has 0 saturated carbocycles. The molecule has 2 aromatic carbocycles. The first kappa shape index (κ1) is 21.1. The average Bonchev–Trinajstić information content (AvgIpc) is 3.13. The predicted molar refractivity (Wildman–Crippen MR) is 121 cm³/mol. The number of carbonyl (C=O) groups is 1. The van der Waals surface area contributed by atoms with Crippen molar-refractivity contribution in [3.8, 4) is 11.5 Å². The number of hydrogen-bond donors (Lipinski definition) is 0. The number of anilines is 1. The van der Waals surface area contributed by atoms with E-state index >= 15 is 0 Å². The molecule has 0 spiro atoms. The Morgan fingerprint density at radius 2 is 1.77 bits per heavy atom. The van der Waals surface area contributed by atoms with Crippen LogP contribution in [-0.4, -0.2) is 60.6 Å². The molecule has 1 aliphatic heterocycles. The third-order valence-electron chi connectivity index (χ3n) is 5.32. The van der Waals surface area contributed by atoms with Crippen LogP contribution in [0.3, 0.4) is 0 Å². The molecule has 0 aliphatic carbocycles. The summed E-state index contributed by atoms with van der Waals surface area (Å²) in [5.41, 5.74) is 1.78. The molecule has 1 aliphatic rings. The van der Waals surface area contributed by atoms with Gasteiger partial charge >= 0.3 is 0 Å². The van der Waals surface area contributed by atoms with Crippen molar-refractivity contribution >= 4 is 22.6 Å². The summed E-state index contributed by atoms with van der Waals surface area (Å²) in [7, 11) is 3.28. The summed E-state index contributed by atoms with van der Waals surface area (Å²) < 4.78 is 15.1. The van der Waals surface area contributed by atoms with Crippen molar-refractivity contribution in [2.45, 2.75) is 12.8 Å². The number of rotatable bonds is 6. The summed E-state index contributed by atoms with van der Waals surface area (Å²) >= 11 is 1.42. The molecule has 0 radical (unpaired) electrons. The molecule has 31 heavy (non-hydrogen) atoms. The summed E-state index contributed by atoms with van der Waals surface area (Å²) in [6, 6.07) is 15.3.